The molecular formula is C24H24FN7. The van der Waals surface area contributed by atoms with Crippen molar-refractivity contribution in [2.45, 2.75) is 12.8 Å². The summed E-state index contributed by atoms with van der Waals surface area (Å²) in [4.78, 5) is 16.0. The molecule has 0 saturated heterocycles. The third kappa shape index (κ3) is 4.45. The summed E-state index contributed by atoms with van der Waals surface area (Å²) in [6.45, 7) is 2.39. The monoisotopic (exact) mass is 429 g/mol. The first-order valence-corrected chi connectivity index (χ1v) is 10.7. The van der Waals surface area contributed by atoms with Crippen LogP contribution < -0.4 is 16.0 Å². The van der Waals surface area contributed by atoms with Gasteiger partial charge in [0.1, 0.15) is 0 Å². The Bertz CT molecular complexity index is 1250. The number of fused-ring (bicyclic) bond motifs is 1. The van der Waals surface area contributed by atoms with E-state index in [1.165, 1.54) is 17.3 Å². The second-order valence-electron chi connectivity index (χ2n) is 7.66. The number of aromatic nitrogens is 4. The molecule has 4 N–H and O–H groups in total. The van der Waals surface area contributed by atoms with E-state index < -0.39 is 5.82 Å². The van der Waals surface area contributed by atoms with Crippen molar-refractivity contribution >= 4 is 33.9 Å². The van der Waals surface area contributed by atoms with Crippen LogP contribution in [0.5, 0.6) is 0 Å². The van der Waals surface area contributed by atoms with Gasteiger partial charge in [-0.15, -0.1) is 0 Å². The van der Waals surface area contributed by atoms with Crippen molar-refractivity contribution in [3.05, 3.63) is 78.1 Å². The van der Waals surface area contributed by atoms with Gasteiger partial charge in [0.05, 0.1) is 6.20 Å². The van der Waals surface area contributed by atoms with E-state index in [0.29, 0.717) is 18.9 Å². The molecule has 0 spiro atoms. The van der Waals surface area contributed by atoms with E-state index in [-0.39, 0.29) is 5.82 Å². The van der Waals surface area contributed by atoms with E-state index in [9.17, 15) is 4.39 Å². The molecule has 0 radical (unpaired) electrons. The zero-order valence-electron chi connectivity index (χ0n) is 17.5. The molecule has 0 saturated carbocycles. The third-order valence-electron chi connectivity index (χ3n) is 5.49. The second kappa shape index (κ2) is 9.15. The Balaban J connectivity index is 1.32. The largest absolute Gasteiger partial charge is 0.367 e. The van der Waals surface area contributed by atoms with Gasteiger partial charge < -0.3 is 20.9 Å². The van der Waals surface area contributed by atoms with Crippen molar-refractivity contribution in [1.29, 1.82) is 0 Å². The Morgan fingerprint density at radius 2 is 2.09 bits per heavy atom. The van der Waals surface area contributed by atoms with E-state index >= 15 is 0 Å². The van der Waals surface area contributed by atoms with Gasteiger partial charge in [-0.1, -0.05) is 12.1 Å². The smallest absolute Gasteiger partial charge is 0.229 e. The maximum absolute atomic E-state index is 14.2. The summed E-state index contributed by atoms with van der Waals surface area (Å²) in [6, 6.07) is 11.8. The molecule has 3 aromatic heterocycles. The van der Waals surface area contributed by atoms with E-state index in [2.05, 4.69) is 54.2 Å². The average molecular weight is 430 g/mol. The van der Waals surface area contributed by atoms with Crippen LogP contribution in [0.2, 0.25) is 0 Å². The number of hydrogen-bond acceptors (Lipinski definition) is 6. The molecule has 7 nitrogen and oxygen atoms in total. The minimum Gasteiger partial charge on any atom is -0.367 e. The molecular weight excluding hydrogens is 405 g/mol. The number of halogens is 1. The minimum absolute atomic E-state index is 0.168. The number of pyridine rings is 1. The molecule has 0 amide bonds. The van der Waals surface area contributed by atoms with Crippen LogP contribution >= 0.6 is 0 Å². The van der Waals surface area contributed by atoms with Crippen LogP contribution in [0.25, 0.3) is 16.5 Å². The lowest BCUT2D eigenvalue weighted by Crippen LogP contribution is -2.19. The van der Waals surface area contributed by atoms with Gasteiger partial charge >= 0.3 is 0 Å². The van der Waals surface area contributed by atoms with Gasteiger partial charge in [-0.25, -0.2) is 9.37 Å². The maximum atomic E-state index is 14.2. The van der Waals surface area contributed by atoms with Crippen molar-refractivity contribution in [1.82, 2.24) is 25.3 Å². The van der Waals surface area contributed by atoms with E-state index in [1.807, 2.05) is 30.3 Å². The summed E-state index contributed by atoms with van der Waals surface area (Å²) in [6.07, 6.45) is 8.89. The van der Waals surface area contributed by atoms with E-state index in [4.69, 9.17) is 0 Å². The zero-order chi connectivity index (χ0) is 21.8. The molecule has 32 heavy (non-hydrogen) atoms. The number of nitrogens with one attached hydrogen (secondary N) is 4. The molecule has 0 bridgehead atoms. The highest BCUT2D eigenvalue weighted by atomic mass is 19.1. The summed E-state index contributed by atoms with van der Waals surface area (Å²) in [5.41, 5.74) is 5.40. The summed E-state index contributed by atoms with van der Waals surface area (Å²) in [7, 11) is 0. The van der Waals surface area contributed by atoms with Crippen LogP contribution in [0.15, 0.2) is 61.1 Å². The van der Waals surface area contributed by atoms with Crippen LogP contribution in [0.4, 0.5) is 21.8 Å². The summed E-state index contributed by atoms with van der Waals surface area (Å²) in [5, 5.41) is 10.7. The lowest BCUT2D eigenvalue weighted by Gasteiger charge is -2.13. The molecule has 0 atom stereocenters. The van der Waals surface area contributed by atoms with Gasteiger partial charge in [-0.05, 0) is 48.9 Å². The first-order chi connectivity index (χ1) is 15.8. The van der Waals surface area contributed by atoms with Crippen molar-refractivity contribution in [2.75, 3.05) is 30.3 Å². The topological polar surface area (TPSA) is 90.5 Å². The fourth-order valence-corrected chi connectivity index (χ4v) is 3.87. The summed E-state index contributed by atoms with van der Waals surface area (Å²) < 4.78 is 14.2. The molecule has 8 heteroatoms. The fraction of sp³-hybridized carbons (Fsp3) is 0.208. The normalized spacial score (nSPS) is 13.7. The number of benzene rings is 1. The number of H-pyrrole nitrogens is 1. The summed E-state index contributed by atoms with van der Waals surface area (Å²) >= 11 is 0. The van der Waals surface area contributed by atoms with Gasteiger partial charge in [0.25, 0.3) is 0 Å². The van der Waals surface area contributed by atoms with Crippen LogP contribution in [0.1, 0.15) is 17.7 Å². The van der Waals surface area contributed by atoms with Crippen LogP contribution in [-0.4, -0.2) is 39.6 Å². The fourth-order valence-electron chi connectivity index (χ4n) is 3.87. The van der Waals surface area contributed by atoms with Crippen molar-refractivity contribution < 1.29 is 4.39 Å². The predicted molar refractivity (Wildman–Crippen MR) is 125 cm³/mol. The zero-order valence-corrected chi connectivity index (χ0v) is 17.5. The number of nitrogens with zero attached hydrogens (tertiary/aromatic N) is 3. The molecule has 1 aliphatic heterocycles. The van der Waals surface area contributed by atoms with E-state index in [1.54, 1.807) is 6.20 Å². The first kappa shape index (κ1) is 20.1. The van der Waals surface area contributed by atoms with Gasteiger partial charge in [0.15, 0.2) is 11.6 Å². The average Bonchev–Trinajstić information content (AvgIpc) is 3.26. The van der Waals surface area contributed by atoms with Gasteiger partial charge in [-0.2, -0.15) is 4.98 Å². The van der Waals surface area contributed by atoms with Gasteiger partial charge in [-0.3, -0.25) is 4.98 Å². The van der Waals surface area contributed by atoms with Crippen LogP contribution in [-0.2, 0) is 6.42 Å². The lowest BCUT2D eigenvalue weighted by molar-refractivity contribution is 0.617. The molecule has 5 rings (SSSR count). The Morgan fingerprint density at radius 3 is 2.94 bits per heavy atom. The molecule has 1 aliphatic rings. The first-order valence-electron chi connectivity index (χ1n) is 10.7. The molecule has 162 valence electrons. The van der Waals surface area contributed by atoms with Gasteiger partial charge in [0, 0.05) is 59.8 Å². The van der Waals surface area contributed by atoms with Crippen molar-refractivity contribution in [3.63, 3.8) is 0 Å². The number of aromatic amines is 1. The minimum atomic E-state index is -0.488. The Hall–Kier alpha value is -3.78. The predicted octanol–water partition coefficient (Wildman–Crippen LogP) is 4.27. The second-order valence-corrected chi connectivity index (χ2v) is 7.66. The Kier molecular flexibility index (Phi) is 5.76. The van der Waals surface area contributed by atoms with Crippen LogP contribution in [0.3, 0.4) is 0 Å². The quantitative estimate of drug-likeness (QED) is 0.351. The number of hydrogen-bond donors (Lipinski definition) is 4. The van der Waals surface area contributed by atoms with Crippen LogP contribution in [0, 0.1) is 5.82 Å². The SMILES string of the molecule is Fc1cnc(Nc2ccc3[nH]cc(C4=CCNCC4)c3c2)nc1NCCc1ccccn1. The third-order valence-corrected chi connectivity index (χ3v) is 5.49. The Morgan fingerprint density at radius 1 is 1.12 bits per heavy atom. The highest BCUT2D eigenvalue weighted by Crippen LogP contribution is 2.30. The number of rotatable bonds is 7. The maximum Gasteiger partial charge on any atom is 0.229 e. The number of anilines is 3. The molecule has 0 unspecified atom stereocenters. The molecule has 1 aromatic carbocycles. The molecule has 4 aromatic rings. The molecule has 4 heterocycles. The van der Waals surface area contributed by atoms with Crippen molar-refractivity contribution in [3.8, 4) is 0 Å². The summed E-state index contributed by atoms with van der Waals surface area (Å²) in [5.74, 6) is 0.0174. The highest BCUT2D eigenvalue weighted by Gasteiger charge is 2.12. The molecule has 0 aliphatic carbocycles. The Labute approximate surface area is 185 Å². The highest BCUT2D eigenvalue weighted by molar-refractivity contribution is 5.95. The standard InChI is InChI=1S/C24H24FN7/c25-21-15-30-24(32-23(21)28-12-8-17-3-1-2-9-27-17)31-18-4-5-22-19(13-18)20(14-29-22)16-6-10-26-11-7-16/h1-6,9,13-15,26,29H,7-8,10-12H2,(H2,28,30,31,32). The molecule has 0 fully saturated rings. The van der Waals surface area contributed by atoms with E-state index in [0.717, 1.165) is 41.8 Å². The van der Waals surface area contributed by atoms with Gasteiger partial charge in [0.2, 0.25) is 5.95 Å². The lowest BCUT2D eigenvalue weighted by atomic mass is 9.99. The van der Waals surface area contributed by atoms with Crippen molar-refractivity contribution in [2.24, 2.45) is 0 Å².